The molecule has 1 aliphatic rings. The van der Waals surface area contributed by atoms with Gasteiger partial charge >= 0.3 is 0 Å². The van der Waals surface area contributed by atoms with Gasteiger partial charge in [-0.05, 0) is 24.7 Å². The number of nitrogens with zero attached hydrogens (tertiary/aromatic N) is 1. The number of aliphatic hydroxyl groups is 1. The fraction of sp³-hybridized carbons (Fsp3) is 0.417. The number of hydrogen-bond donors (Lipinski definition) is 2. The van der Waals surface area contributed by atoms with E-state index in [0.29, 0.717) is 17.8 Å². The summed E-state index contributed by atoms with van der Waals surface area (Å²) < 4.78 is 13.2. The van der Waals surface area contributed by atoms with E-state index in [2.05, 4.69) is 5.32 Å². The smallest absolute Gasteiger partial charge is 0.248 e. The van der Waals surface area contributed by atoms with Crippen molar-refractivity contribution < 1.29 is 14.3 Å². The molecular formula is C12H15FN2O2. The first kappa shape index (κ1) is 12.0. The van der Waals surface area contributed by atoms with Crippen molar-refractivity contribution in [3.05, 3.63) is 29.6 Å². The topological polar surface area (TPSA) is 52.6 Å². The summed E-state index contributed by atoms with van der Waals surface area (Å²) >= 11 is 0. The van der Waals surface area contributed by atoms with Crippen molar-refractivity contribution in [2.24, 2.45) is 0 Å². The standard InChI is InChI=1S/C12H15FN2O2/c1-2-14-11-9-7-8(13)3-4-10(9)15(5-6-16)12(11)17/h3-4,7,11,14,16H,2,5-6H2,1H3. The third kappa shape index (κ3) is 2.03. The molecule has 0 spiro atoms. The molecular weight excluding hydrogens is 223 g/mol. The molecule has 1 amide bonds. The number of amides is 1. The first-order valence-electron chi connectivity index (χ1n) is 5.64. The van der Waals surface area contributed by atoms with Crippen LogP contribution in [0, 0.1) is 5.82 Å². The van der Waals surface area contributed by atoms with Crippen LogP contribution in [0.2, 0.25) is 0 Å². The molecule has 1 heterocycles. The van der Waals surface area contributed by atoms with Crippen LogP contribution < -0.4 is 10.2 Å². The van der Waals surface area contributed by atoms with Crippen molar-refractivity contribution in [2.75, 3.05) is 24.6 Å². The Kier molecular flexibility index (Phi) is 3.40. The molecule has 0 fully saturated rings. The minimum Gasteiger partial charge on any atom is -0.395 e. The SMILES string of the molecule is CCNC1C(=O)N(CCO)c2ccc(F)cc21. The van der Waals surface area contributed by atoms with Gasteiger partial charge in [0.1, 0.15) is 11.9 Å². The second-order valence-corrected chi connectivity index (χ2v) is 3.91. The van der Waals surface area contributed by atoms with Crippen LogP contribution in [0.5, 0.6) is 0 Å². The van der Waals surface area contributed by atoms with Gasteiger partial charge in [-0.25, -0.2) is 4.39 Å². The Morgan fingerprint density at radius 1 is 1.53 bits per heavy atom. The van der Waals surface area contributed by atoms with Gasteiger partial charge in [0.25, 0.3) is 0 Å². The molecule has 1 aromatic carbocycles. The third-order valence-corrected chi connectivity index (χ3v) is 2.84. The third-order valence-electron chi connectivity index (χ3n) is 2.84. The average molecular weight is 238 g/mol. The van der Waals surface area contributed by atoms with E-state index in [1.54, 1.807) is 6.07 Å². The Balaban J connectivity index is 2.41. The first-order valence-corrected chi connectivity index (χ1v) is 5.64. The first-order chi connectivity index (χ1) is 8.19. The van der Waals surface area contributed by atoms with Gasteiger partial charge in [-0.2, -0.15) is 0 Å². The normalized spacial score (nSPS) is 18.6. The molecule has 0 aliphatic carbocycles. The van der Waals surface area contributed by atoms with Crippen LogP contribution in [0.1, 0.15) is 18.5 Å². The van der Waals surface area contributed by atoms with E-state index in [-0.39, 0.29) is 24.9 Å². The van der Waals surface area contributed by atoms with Crippen molar-refractivity contribution in [3.63, 3.8) is 0 Å². The number of benzene rings is 1. The van der Waals surface area contributed by atoms with Gasteiger partial charge in [-0.3, -0.25) is 4.79 Å². The predicted octanol–water partition coefficient (Wildman–Crippen LogP) is 0.815. The molecule has 0 saturated carbocycles. The fourth-order valence-electron chi connectivity index (χ4n) is 2.14. The molecule has 17 heavy (non-hydrogen) atoms. The summed E-state index contributed by atoms with van der Waals surface area (Å²) in [5, 5.41) is 12.0. The van der Waals surface area contributed by atoms with E-state index in [1.807, 2.05) is 6.92 Å². The zero-order chi connectivity index (χ0) is 12.4. The number of rotatable bonds is 4. The van der Waals surface area contributed by atoms with E-state index in [1.165, 1.54) is 17.0 Å². The van der Waals surface area contributed by atoms with Crippen molar-refractivity contribution in [2.45, 2.75) is 13.0 Å². The quantitative estimate of drug-likeness (QED) is 0.816. The Morgan fingerprint density at radius 3 is 2.94 bits per heavy atom. The number of aliphatic hydroxyl groups excluding tert-OH is 1. The van der Waals surface area contributed by atoms with E-state index < -0.39 is 6.04 Å². The van der Waals surface area contributed by atoms with E-state index >= 15 is 0 Å². The maximum Gasteiger partial charge on any atom is 0.248 e. The molecule has 4 nitrogen and oxygen atoms in total. The monoisotopic (exact) mass is 238 g/mol. The van der Waals surface area contributed by atoms with Gasteiger partial charge in [-0.1, -0.05) is 6.92 Å². The van der Waals surface area contributed by atoms with Gasteiger partial charge < -0.3 is 15.3 Å². The van der Waals surface area contributed by atoms with Crippen LogP contribution in [0.3, 0.4) is 0 Å². The minimum absolute atomic E-state index is 0.110. The lowest BCUT2D eigenvalue weighted by atomic mass is 10.1. The Bertz CT molecular complexity index is 437. The molecule has 0 bridgehead atoms. The number of β-amino-alcohol motifs (C(OH)–C–C–N with tert-alkyl or cyclic N) is 1. The second-order valence-electron chi connectivity index (χ2n) is 3.91. The largest absolute Gasteiger partial charge is 0.395 e. The number of hydrogen-bond acceptors (Lipinski definition) is 3. The number of halogens is 1. The summed E-state index contributed by atoms with van der Waals surface area (Å²) in [6.07, 6.45) is 0. The molecule has 5 heteroatoms. The summed E-state index contributed by atoms with van der Waals surface area (Å²) in [4.78, 5) is 13.6. The molecule has 1 aromatic rings. The lowest BCUT2D eigenvalue weighted by Gasteiger charge is -2.16. The molecule has 1 unspecified atom stereocenters. The summed E-state index contributed by atoms with van der Waals surface area (Å²) in [6, 6.07) is 3.77. The van der Waals surface area contributed by atoms with Gasteiger partial charge in [0.2, 0.25) is 5.91 Å². The van der Waals surface area contributed by atoms with Gasteiger partial charge in [-0.15, -0.1) is 0 Å². The van der Waals surface area contributed by atoms with Crippen molar-refractivity contribution in [1.29, 1.82) is 0 Å². The summed E-state index contributed by atoms with van der Waals surface area (Å²) in [5.74, 6) is -0.494. The van der Waals surface area contributed by atoms with Crippen molar-refractivity contribution in [1.82, 2.24) is 5.32 Å². The van der Waals surface area contributed by atoms with Gasteiger partial charge in [0.15, 0.2) is 0 Å². The van der Waals surface area contributed by atoms with E-state index in [9.17, 15) is 9.18 Å². The number of fused-ring (bicyclic) bond motifs is 1. The van der Waals surface area contributed by atoms with Crippen LogP contribution in [0.15, 0.2) is 18.2 Å². The fourth-order valence-corrected chi connectivity index (χ4v) is 2.14. The van der Waals surface area contributed by atoms with Gasteiger partial charge in [0, 0.05) is 17.8 Å². The van der Waals surface area contributed by atoms with Crippen LogP contribution in [-0.4, -0.2) is 30.7 Å². The average Bonchev–Trinajstić information content (AvgIpc) is 2.55. The molecule has 2 N–H and O–H groups in total. The number of likely N-dealkylation sites (N-methyl/N-ethyl adjacent to an activating group) is 1. The van der Waals surface area contributed by atoms with Gasteiger partial charge in [0.05, 0.1) is 6.61 Å². The van der Waals surface area contributed by atoms with Crippen molar-refractivity contribution in [3.8, 4) is 0 Å². The van der Waals surface area contributed by atoms with E-state index in [4.69, 9.17) is 5.11 Å². The molecule has 1 atom stereocenters. The summed E-state index contributed by atoms with van der Waals surface area (Å²) in [6.45, 7) is 2.64. The highest BCUT2D eigenvalue weighted by Crippen LogP contribution is 2.35. The maximum absolute atomic E-state index is 13.2. The van der Waals surface area contributed by atoms with Crippen molar-refractivity contribution >= 4 is 11.6 Å². The van der Waals surface area contributed by atoms with E-state index in [0.717, 1.165) is 0 Å². The molecule has 92 valence electrons. The molecule has 0 aromatic heterocycles. The zero-order valence-corrected chi connectivity index (χ0v) is 9.61. The summed E-state index contributed by atoms with van der Waals surface area (Å²) in [7, 11) is 0. The van der Waals surface area contributed by atoms with Crippen LogP contribution in [-0.2, 0) is 4.79 Å². The molecule has 2 rings (SSSR count). The lowest BCUT2D eigenvalue weighted by Crippen LogP contribution is -2.36. The highest BCUT2D eigenvalue weighted by atomic mass is 19.1. The summed E-state index contributed by atoms with van der Waals surface area (Å²) in [5.41, 5.74) is 1.32. The molecule has 0 radical (unpaired) electrons. The predicted molar refractivity (Wildman–Crippen MR) is 62.3 cm³/mol. The molecule has 1 aliphatic heterocycles. The zero-order valence-electron chi connectivity index (χ0n) is 9.61. The van der Waals surface area contributed by atoms with Crippen LogP contribution in [0.4, 0.5) is 10.1 Å². The number of nitrogens with one attached hydrogen (secondary N) is 1. The Labute approximate surface area is 99.0 Å². The molecule has 0 saturated heterocycles. The Hall–Kier alpha value is -1.46. The number of anilines is 1. The van der Waals surface area contributed by atoms with Crippen LogP contribution >= 0.6 is 0 Å². The Morgan fingerprint density at radius 2 is 2.29 bits per heavy atom. The minimum atomic E-state index is -0.503. The highest BCUT2D eigenvalue weighted by Gasteiger charge is 2.36. The highest BCUT2D eigenvalue weighted by molar-refractivity contribution is 6.04. The second kappa shape index (κ2) is 4.81. The lowest BCUT2D eigenvalue weighted by molar-refractivity contribution is -0.120. The number of carbonyl (C=O) groups is 1. The maximum atomic E-state index is 13.2. The number of carbonyl (C=O) groups excluding carboxylic acids is 1. The van der Waals surface area contributed by atoms with Crippen LogP contribution in [0.25, 0.3) is 0 Å².